The number of hydrogen-bond donors (Lipinski definition) is 0. The van der Waals surface area contributed by atoms with Crippen LogP contribution in [0.1, 0.15) is 30.9 Å². The van der Waals surface area contributed by atoms with E-state index in [0.29, 0.717) is 19.1 Å². The second kappa shape index (κ2) is 8.30. The molecule has 0 fully saturated rings. The van der Waals surface area contributed by atoms with Crippen LogP contribution >= 0.6 is 11.6 Å². The van der Waals surface area contributed by atoms with E-state index in [9.17, 15) is 0 Å². The average molecular weight is 405 g/mol. The van der Waals surface area contributed by atoms with Crippen molar-refractivity contribution in [2.45, 2.75) is 33.2 Å². The van der Waals surface area contributed by atoms with Crippen LogP contribution in [0.15, 0.2) is 66.7 Å². The lowest BCUT2D eigenvalue weighted by Crippen LogP contribution is -2.10. The number of hydrogen-bond acceptors (Lipinski definition) is 2. The van der Waals surface area contributed by atoms with Crippen molar-refractivity contribution in [1.29, 1.82) is 0 Å². The Kier molecular flexibility index (Phi) is 5.59. The highest BCUT2D eigenvalue weighted by atomic mass is 35.5. The van der Waals surface area contributed by atoms with E-state index in [1.54, 1.807) is 0 Å². The number of nitrogens with zero attached hydrogens (tertiary/aromatic N) is 2. The van der Waals surface area contributed by atoms with E-state index < -0.39 is 0 Å². The van der Waals surface area contributed by atoms with Crippen molar-refractivity contribution in [2.75, 3.05) is 6.61 Å². The smallest absolute Gasteiger partial charge is 0.141 e. The molecule has 148 valence electrons. The summed E-state index contributed by atoms with van der Waals surface area (Å²) in [6, 6.07) is 22.5. The van der Waals surface area contributed by atoms with Crippen LogP contribution in [0, 0.1) is 6.92 Å². The zero-order valence-electron chi connectivity index (χ0n) is 17.0. The minimum absolute atomic E-state index is 0.421. The SMILES string of the molecule is Cc1ccc(C(C)C)c(OCCn2c(-c3ccc(Cl)cc3)nc3ccccc32)c1. The van der Waals surface area contributed by atoms with Crippen LogP contribution in [-0.2, 0) is 6.54 Å². The first-order chi connectivity index (χ1) is 14.0. The molecule has 3 nitrogen and oxygen atoms in total. The van der Waals surface area contributed by atoms with Gasteiger partial charge in [-0.25, -0.2) is 4.98 Å². The number of imidazole rings is 1. The first-order valence-corrected chi connectivity index (χ1v) is 10.4. The summed E-state index contributed by atoms with van der Waals surface area (Å²) in [6.45, 7) is 7.77. The van der Waals surface area contributed by atoms with E-state index in [-0.39, 0.29) is 0 Å². The van der Waals surface area contributed by atoms with Crippen molar-refractivity contribution in [3.05, 3.63) is 82.9 Å². The Morgan fingerprint density at radius 1 is 1.00 bits per heavy atom. The minimum Gasteiger partial charge on any atom is -0.491 e. The Bertz CT molecular complexity index is 1130. The molecule has 0 bridgehead atoms. The number of halogens is 1. The zero-order chi connectivity index (χ0) is 20.4. The third-order valence-electron chi connectivity index (χ3n) is 5.12. The van der Waals surface area contributed by atoms with Gasteiger partial charge in [0.15, 0.2) is 0 Å². The van der Waals surface area contributed by atoms with Gasteiger partial charge in [0.25, 0.3) is 0 Å². The summed E-state index contributed by atoms with van der Waals surface area (Å²) < 4.78 is 8.47. The summed E-state index contributed by atoms with van der Waals surface area (Å²) in [5, 5.41) is 0.723. The number of rotatable bonds is 6. The van der Waals surface area contributed by atoms with Gasteiger partial charge < -0.3 is 9.30 Å². The molecule has 4 heteroatoms. The molecule has 0 saturated heterocycles. The van der Waals surface area contributed by atoms with Gasteiger partial charge in [0.2, 0.25) is 0 Å². The Hall–Kier alpha value is -2.78. The summed E-state index contributed by atoms with van der Waals surface area (Å²) in [5.41, 5.74) is 5.58. The summed E-state index contributed by atoms with van der Waals surface area (Å²) in [6.07, 6.45) is 0. The molecule has 0 aliphatic rings. The number of aryl methyl sites for hydroxylation is 1. The molecule has 0 N–H and O–H groups in total. The maximum absolute atomic E-state index is 6.24. The Morgan fingerprint density at radius 3 is 2.52 bits per heavy atom. The lowest BCUT2D eigenvalue weighted by molar-refractivity contribution is 0.296. The lowest BCUT2D eigenvalue weighted by Gasteiger charge is -2.16. The molecule has 3 aromatic carbocycles. The van der Waals surface area contributed by atoms with Gasteiger partial charge in [-0.1, -0.05) is 49.7 Å². The van der Waals surface area contributed by atoms with Crippen LogP contribution in [0.3, 0.4) is 0 Å². The molecule has 4 aromatic rings. The predicted molar refractivity (Wildman–Crippen MR) is 121 cm³/mol. The molecule has 29 heavy (non-hydrogen) atoms. The van der Waals surface area contributed by atoms with Gasteiger partial charge in [-0.15, -0.1) is 0 Å². The van der Waals surface area contributed by atoms with E-state index in [0.717, 1.165) is 33.2 Å². The molecule has 0 amide bonds. The highest BCUT2D eigenvalue weighted by Gasteiger charge is 2.13. The van der Waals surface area contributed by atoms with Crippen LogP contribution in [-0.4, -0.2) is 16.2 Å². The molecule has 4 rings (SSSR count). The Labute approximate surface area is 176 Å². The predicted octanol–water partition coefficient (Wildman–Crippen LogP) is 6.87. The van der Waals surface area contributed by atoms with Gasteiger partial charge in [-0.2, -0.15) is 0 Å². The molecule has 1 heterocycles. The quantitative estimate of drug-likeness (QED) is 0.350. The maximum atomic E-state index is 6.24. The molecule has 0 aliphatic carbocycles. The first kappa shape index (κ1) is 19.5. The fraction of sp³-hybridized carbons (Fsp3) is 0.240. The van der Waals surface area contributed by atoms with Gasteiger partial charge in [-0.3, -0.25) is 0 Å². The lowest BCUT2D eigenvalue weighted by atomic mass is 10.0. The minimum atomic E-state index is 0.421. The van der Waals surface area contributed by atoms with E-state index >= 15 is 0 Å². The molecule has 1 aromatic heterocycles. The van der Waals surface area contributed by atoms with Gasteiger partial charge in [0.1, 0.15) is 18.2 Å². The van der Waals surface area contributed by atoms with Crippen molar-refractivity contribution >= 4 is 22.6 Å². The molecule has 0 unspecified atom stereocenters. The Balaban J connectivity index is 1.64. The highest BCUT2D eigenvalue weighted by Crippen LogP contribution is 2.29. The highest BCUT2D eigenvalue weighted by molar-refractivity contribution is 6.30. The summed E-state index contributed by atoms with van der Waals surface area (Å²) >= 11 is 6.07. The standard InChI is InChI=1S/C25H25ClN2O/c1-17(2)21-13-8-18(3)16-24(21)29-15-14-28-23-7-5-4-6-22(23)27-25(28)19-9-11-20(26)12-10-19/h4-13,16-17H,14-15H2,1-3H3. The monoisotopic (exact) mass is 404 g/mol. The van der Waals surface area contributed by atoms with Crippen molar-refractivity contribution in [3.8, 4) is 17.1 Å². The van der Waals surface area contributed by atoms with Gasteiger partial charge in [-0.05, 0) is 66.4 Å². The van der Waals surface area contributed by atoms with E-state index in [4.69, 9.17) is 21.3 Å². The van der Waals surface area contributed by atoms with Crippen molar-refractivity contribution in [2.24, 2.45) is 0 Å². The number of fused-ring (bicyclic) bond motifs is 1. The van der Waals surface area contributed by atoms with Crippen molar-refractivity contribution in [1.82, 2.24) is 9.55 Å². The van der Waals surface area contributed by atoms with E-state index in [1.807, 2.05) is 42.5 Å². The summed E-state index contributed by atoms with van der Waals surface area (Å²) in [4.78, 5) is 4.86. The van der Waals surface area contributed by atoms with Gasteiger partial charge >= 0.3 is 0 Å². The zero-order valence-corrected chi connectivity index (χ0v) is 17.8. The van der Waals surface area contributed by atoms with Gasteiger partial charge in [0.05, 0.1) is 17.6 Å². The summed E-state index contributed by atoms with van der Waals surface area (Å²) in [5.74, 6) is 2.32. The maximum Gasteiger partial charge on any atom is 0.141 e. The largest absolute Gasteiger partial charge is 0.491 e. The molecule has 0 atom stereocenters. The van der Waals surface area contributed by atoms with Crippen LogP contribution < -0.4 is 4.74 Å². The molecular formula is C25H25ClN2O. The molecule has 0 spiro atoms. The number of ether oxygens (including phenoxy) is 1. The van der Waals surface area contributed by atoms with Gasteiger partial charge in [0, 0.05) is 10.6 Å². The Morgan fingerprint density at radius 2 is 1.76 bits per heavy atom. The fourth-order valence-electron chi connectivity index (χ4n) is 3.61. The normalized spacial score (nSPS) is 11.3. The van der Waals surface area contributed by atoms with Crippen LogP contribution in [0.5, 0.6) is 5.75 Å². The molecular weight excluding hydrogens is 380 g/mol. The van der Waals surface area contributed by atoms with E-state index in [1.165, 1.54) is 11.1 Å². The third-order valence-corrected chi connectivity index (χ3v) is 5.37. The second-order valence-electron chi connectivity index (χ2n) is 7.63. The summed E-state index contributed by atoms with van der Waals surface area (Å²) in [7, 11) is 0. The fourth-order valence-corrected chi connectivity index (χ4v) is 3.74. The van der Waals surface area contributed by atoms with E-state index in [2.05, 4.69) is 49.6 Å². The topological polar surface area (TPSA) is 27.1 Å². The number of para-hydroxylation sites is 2. The first-order valence-electron chi connectivity index (χ1n) is 9.97. The van der Waals surface area contributed by atoms with Crippen LogP contribution in [0.4, 0.5) is 0 Å². The third kappa shape index (κ3) is 4.15. The molecule has 0 aliphatic heterocycles. The second-order valence-corrected chi connectivity index (χ2v) is 8.06. The van der Waals surface area contributed by atoms with Crippen LogP contribution in [0.2, 0.25) is 5.02 Å². The molecule has 0 radical (unpaired) electrons. The number of benzene rings is 3. The van der Waals surface area contributed by atoms with Crippen molar-refractivity contribution in [3.63, 3.8) is 0 Å². The number of aromatic nitrogens is 2. The van der Waals surface area contributed by atoms with Crippen molar-refractivity contribution < 1.29 is 4.74 Å². The molecule has 0 saturated carbocycles. The van der Waals surface area contributed by atoms with Crippen LogP contribution in [0.25, 0.3) is 22.4 Å². The average Bonchev–Trinajstić information content (AvgIpc) is 3.07.